The Kier molecular flexibility index (Phi) is 6.82. The van der Waals surface area contributed by atoms with E-state index in [1.54, 1.807) is 36.0 Å². The molecule has 8 heteroatoms. The number of ether oxygens (including phenoxy) is 1. The van der Waals surface area contributed by atoms with Crippen LogP contribution in [-0.2, 0) is 9.59 Å². The number of carbonyl (C=O) groups excluding carboxylic acids is 3. The van der Waals surface area contributed by atoms with Crippen molar-refractivity contribution in [2.24, 2.45) is 0 Å². The van der Waals surface area contributed by atoms with Crippen molar-refractivity contribution in [1.82, 2.24) is 5.32 Å². The van der Waals surface area contributed by atoms with E-state index in [2.05, 4.69) is 5.32 Å². The molecule has 1 heterocycles. The fourth-order valence-electron chi connectivity index (χ4n) is 3.19. The molecule has 4 amide bonds. The minimum atomic E-state index is -0.791. The maximum atomic E-state index is 13.0. The molecule has 0 aliphatic carbocycles. The summed E-state index contributed by atoms with van der Waals surface area (Å²) in [6, 6.07) is 20.7. The van der Waals surface area contributed by atoms with Gasteiger partial charge in [-0.2, -0.15) is 0 Å². The Morgan fingerprint density at radius 1 is 0.909 bits per heavy atom. The highest BCUT2D eigenvalue weighted by molar-refractivity contribution is 7.99. The fourth-order valence-corrected chi connectivity index (χ4v) is 4.13. The number of imide groups is 2. The van der Waals surface area contributed by atoms with Crippen LogP contribution in [-0.4, -0.2) is 24.5 Å². The van der Waals surface area contributed by atoms with Gasteiger partial charge in [-0.05, 0) is 79.2 Å². The fraction of sp³-hybridized carbons (Fsp3) is 0.0800. The Morgan fingerprint density at radius 3 is 2.12 bits per heavy atom. The number of hydrogen-bond donors (Lipinski definition) is 1. The van der Waals surface area contributed by atoms with E-state index in [9.17, 15) is 14.4 Å². The molecule has 4 rings (SSSR count). The van der Waals surface area contributed by atoms with Gasteiger partial charge in [-0.1, -0.05) is 35.5 Å². The van der Waals surface area contributed by atoms with E-state index in [-0.39, 0.29) is 5.57 Å². The van der Waals surface area contributed by atoms with Crippen LogP contribution in [0.3, 0.4) is 0 Å². The number of rotatable bonds is 6. The highest BCUT2D eigenvalue weighted by Gasteiger charge is 2.36. The maximum Gasteiger partial charge on any atom is 0.335 e. The predicted molar refractivity (Wildman–Crippen MR) is 129 cm³/mol. The van der Waals surface area contributed by atoms with Gasteiger partial charge in [-0.15, -0.1) is 0 Å². The Labute approximate surface area is 200 Å². The third-order valence-electron chi connectivity index (χ3n) is 4.75. The topological polar surface area (TPSA) is 75.7 Å². The van der Waals surface area contributed by atoms with Gasteiger partial charge in [0.2, 0.25) is 0 Å². The molecule has 1 aliphatic heterocycles. The first-order chi connectivity index (χ1) is 15.9. The van der Waals surface area contributed by atoms with Crippen LogP contribution < -0.4 is 15.0 Å². The number of halogens is 1. The van der Waals surface area contributed by atoms with Gasteiger partial charge in [0.1, 0.15) is 11.3 Å². The second-order valence-electron chi connectivity index (χ2n) is 7.01. The van der Waals surface area contributed by atoms with Crippen molar-refractivity contribution in [3.05, 3.63) is 89.0 Å². The molecule has 1 N–H and O–H groups in total. The highest BCUT2D eigenvalue weighted by atomic mass is 35.5. The molecule has 1 fully saturated rings. The zero-order valence-corrected chi connectivity index (χ0v) is 19.2. The quantitative estimate of drug-likeness (QED) is 0.371. The lowest BCUT2D eigenvalue weighted by Crippen LogP contribution is -2.54. The molecule has 0 bridgehead atoms. The average Bonchev–Trinajstić information content (AvgIpc) is 2.80. The summed E-state index contributed by atoms with van der Waals surface area (Å²) in [5.41, 5.74) is 0.880. The first kappa shape index (κ1) is 22.6. The second-order valence-corrected chi connectivity index (χ2v) is 8.59. The molecular weight excluding hydrogens is 460 g/mol. The SMILES string of the molecule is CCOc1ccc(N2C(=O)NC(=O)/C(=C\c3ccc(Sc4ccc(Cl)cc4)cc3)C2=O)cc1. The molecule has 0 aromatic heterocycles. The van der Waals surface area contributed by atoms with Crippen molar-refractivity contribution in [2.75, 3.05) is 11.5 Å². The maximum absolute atomic E-state index is 13.0. The number of hydrogen-bond acceptors (Lipinski definition) is 5. The molecule has 0 radical (unpaired) electrons. The van der Waals surface area contributed by atoms with Gasteiger partial charge in [-0.3, -0.25) is 14.9 Å². The summed E-state index contributed by atoms with van der Waals surface area (Å²) in [7, 11) is 0. The number of carbonyl (C=O) groups is 3. The van der Waals surface area contributed by atoms with Crippen LogP contribution in [0.4, 0.5) is 10.5 Å². The zero-order valence-electron chi connectivity index (χ0n) is 17.6. The van der Waals surface area contributed by atoms with Gasteiger partial charge in [0.05, 0.1) is 12.3 Å². The van der Waals surface area contributed by atoms with Crippen LogP contribution in [0.25, 0.3) is 6.08 Å². The van der Waals surface area contributed by atoms with E-state index < -0.39 is 17.8 Å². The summed E-state index contributed by atoms with van der Waals surface area (Å²) in [6.07, 6.45) is 1.47. The normalized spacial score (nSPS) is 15.0. The molecule has 6 nitrogen and oxygen atoms in total. The summed E-state index contributed by atoms with van der Waals surface area (Å²) in [5.74, 6) is -0.797. The number of urea groups is 1. The Hall–Kier alpha value is -3.55. The number of barbiturate groups is 1. The van der Waals surface area contributed by atoms with E-state index in [4.69, 9.17) is 16.3 Å². The summed E-state index contributed by atoms with van der Waals surface area (Å²) in [5, 5.41) is 2.91. The van der Waals surface area contributed by atoms with Gasteiger partial charge >= 0.3 is 6.03 Å². The minimum Gasteiger partial charge on any atom is -0.494 e. The number of benzene rings is 3. The van der Waals surface area contributed by atoms with Crippen LogP contribution in [0.1, 0.15) is 12.5 Å². The van der Waals surface area contributed by atoms with Crippen LogP contribution in [0.5, 0.6) is 5.75 Å². The molecule has 3 aromatic carbocycles. The Balaban J connectivity index is 1.54. The smallest absolute Gasteiger partial charge is 0.335 e. The molecule has 0 unspecified atom stereocenters. The van der Waals surface area contributed by atoms with Crippen molar-refractivity contribution in [1.29, 1.82) is 0 Å². The van der Waals surface area contributed by atoms with Gasteiger partial charge < -0.3 is 4.74 Å². The van der Waals surface area contributed by atoms with E-state index >= 15 is 0 Å². The van der Waals surface area contributed by atoms with Crippen molar-refractivity contribution < 1.29 is 19.1 Å². The summed E-state index contributed by atoms with van der Waals surface area (Å²) in [6.45, 7) is 2.36. The molecule has 1 aliphatic rings. The third kappa shape index (κ3) is 5.27. The van der Waals surface area contributed by atoms with E-state index in [1.807, 2.05) is 55.5 Å². The second kappa shape index (κ2) is 9.94. The predicted octanol–water partition coefficient (Wildman–Crippen LogP) is 5.56. The lowest BCUT2D eigenvalue weighted by atomic mass is 10.1. The van der Waals surface area contributed by atoms with Crippen molar-refractivity contribution >= 4 is 53.0 Å². The van der Waals surface area contributed by atoms with Crippen molar-refractivity contribution in [3.63, 3.8) is 0 Å². The Morgan fingerprint density at radius 2 is 1.52 bits per heavy atom. The van der Waals surface area contributed by atoms with E-state index in [0.717, 1.165) is 14.7 Å². The largest absolute Gasteiger partial charge is 0.494 e. The van der Waals surface area contributed by atoms with Crippen molar-refractivity contribution in [3.8, 4) is 5.75 Å². The van der Waals surface area contributed by atoms with Gasteiger partial charge in [0.15, 0.2) is 0 Å². The molecular formula is C25H19ClN2O4S. The first-order valence-electron chi connectivity index (χ1n) is 10.1. The lowest BCUT2D eigenvalue weighted by Gasteiger charge is -2.26. The number of amides is 4. The monoisotopic (exact) mass is 478 g/mol. The van der Waals surface area contributed by atoms with Crippen molar-refractivity contribution in [2.45, 2.75) is 16.7 Å². The first-order valence-corrected chi connectivity index (χ1v) is 11.3. The van der Waals surface area contributed by atoms with E-state index in [0.29, 0.717) is 28.6 Å². The van der Waals surface area contributed by atoms with Crippen LogP contribution >= 0.6 is 23.4 Å². The molecule has 0 atom stereocenters. The standard InChI is InChI=1S/C25H19ClN2O4S/c1-2-32-19-9-7-18(8-10-19)28-24(30)22(23(29)27-25(28)31)15-16-3-11-20(12-4-16)33-21-13-5-17(26)6-14-21/h3-15H,2H2,1H3,(H,27,29,31)/b22-15+. The van der Waals surface area contributed by atoms with E-state index in [1.165, 1.54) is 6.08 Å². The molecule has 1 saturated heterocycles. The summed E-state index contributed by atoms with van der Waals surface area (Å²) < 4.78 is 5.39. The highest BCUT2D eigenvalue weighted by Crippen LogP contribution is 2.29. The van der Waals surface area contributed by atoms with Gasteiger partial charge in [0.25, 0.3) is 11.8 Å². The average molecular weight is 479 g/mol. The molecule has 3 aromatic rings. The van der Waals surface area contributed by atoms with Crippen LogP contribution in [0.15, 0.2) is 88.2 Å². The summed E-state index contributed by atoms with van der Waals surface area (Å²) >= 11 is 7.49. The number of anilines is 1. The number of nitrogens with zero attached hydrogens (tertiary/aromatic N) is 1. The number of nitrogens with one attached hydrogen (secondary N) is 1. The van der Waals surface area contributed by atoms with Gasteiger partial charge in [-0.25, -0.2) is 9.69 Å². The zero-order chi connectivity index (χ0) is 23.4. The minimum absolute atomic E-state index is 0.124. The van der Waals surface area contributed by atoms with Crippen LogP contribution in [0.2, 0.25) is 5.02 Å². The molecule has 0 spiro atoms. The van der Waals surface area contributed by atoms with Crippen LogP contribution in [0, 0.1) is 0 Å². The molecule has 33 heavy (non-hydrogen) atoms. The molecule has 166 valence electrons. The molecule has 0 saturated carbocycles. The third-order valence-corrected chi connectivity index (χ3v) is 6.02. The Bertz CT molecular complexity index is 1220. The lowest BCUT2D eigenvalue weighted by molar-refractivity contribution is -0.122. The van der Waals surface area contributed by atoms with Gasteiger partial charge in [0, 0.05) is 14.8 Å². The summed E-state index contributed by atoms with van der Waals surface area (Å²) in [4.78, 5) is 40.8.